The molecule has 0 saturated carbocycles. The highest BCUT2D eigenvalue weighted by Crippen LogP contribution is 2.26. The average Bonchev–Trinajstić information content (AvgIpc) is 2.69. The van der Waals surface area contributed by atoms with Crippen LogP contribution in [0, 0.1) is 5.92 Å². The Morgan fingerprint density at radius 3 is 2.59 bits per heavy atom. The number of carbonyl (C=O) groups is 1. The number of nitrogens with zero attached hydrogens (tertiary/aromatic N) is 2. The molecule has 4 nitrogen and oxygen atoms in total. The summed E-state index contributed by atoms with van der Waals surface area (Å²) in [5.74, 6) is -0.232. The van der Waals surface area contributed by atoms with Crippen LogP contribution < -0.4 is 4.90 Å². The van der Waals surface area contributed by atoms with Crippen molar-refractivity contribution in [3.63, 3.8) is 0 Å². The van der Waals surface area contributed by atoms with E-state index in [1.807, 2.05) is 18.9 Å². The number of aryl methyl sites for hydroxylation is 1. The van der Waals surface area contributed by atoms with Crippen molar-refractivity contribution >= 4 is 22.4 Å². The fourth-order valence-corrected chi connectivity index (χ4v) is 2.44. The van der Waals surface area contributed by atoms with Crippen molar-refractivity contribution in [3.05, 3.63) is 10.6 Å². The lowest BCUT2D eigenvalue weighted by Crippen LogP contribution is -2.19. The summed E-state index contributed by atoms with van der Waals surface area (Å²) in [4.78, 5) is 17.8. The monoisotopic (exact) mass is 256 g/mol. The molecule has 0 atom stereocenters. The zero-order valence-corrected chi connectivity index (χ0v) is 11.7. The van der Waals surface area contributed by atoms with Crippen molar-refractivity contribution in [2.75, 3.05) is 18.5 Å². The molecule has 0 aliphatic heterocycles. The number of anilines is 1. The molecule has 0 aliphatic carbocycles. The minimum atomic E-state index is -0.872. The number of hydrogen-bond donors (Lipinski definition) is 1. The second-order valence-electron chi connectivity index (χ2n) is 4.54. The van der Waals surface area contributed by atoms with Gasteiger partial charge in [-0.2, -0.15) is 0 Å². The third-order valence-electron chi connectivity index (χ3n) is 2.58. The SMILES string of the molecule is CCc1nc(N(C)CCC(C)C)sc1C(=O)O. The average molecular weight is 256 g/mol. The first kappa shape index (κ1) is 14.0. The van der Waals surface area contributed by atoms with E-state index in [0.717, 1.165) is 18.1 Å². The largest absolute Gasteiger partial charge is 0.477 e. The van der Waals surface area contributed by atoms with Gasteiger partial charge in [0.2, 0.25) is 0 Å². The van der Waals surface area contributed by atoms with Crippen LogP contribution in [0.5, 0.6) is 0 Å². The van der Waals surface area contributed by atoms with Crippen LogP contribution in [-0.2, 0) is 6.42 Å². The quantitative estimate of drug-likeness (QED) is 0.850. The van der Waals surface area contributed by atoms with Gasteiger partial charge in [-0.15, -0.1) is 0 Å². The summed E-state index contributed by atoms with van der Waals surface area (Å²) >= 11 is 1.27. The lowest BCUT2D eigenvalue weighted by Gasteiger charge is -2.16. The predicted octanol–water partition coefficient (Wildman–Crippen LogP) is 2.89. The smallest absolute Gasteiger partial charge is 0.347 e. The minimum absolute atomic E-state index is 0.374. The van der Waals surface area contributed by atoms with Crippen molar-refractivity contribution in [1.82, 2.24) is 4.98 Å². The van der Waals surface area contributed by atoms with Crippen LogP contribution in [0.2, 0.25) is 0 Å². The lowest BCUT2D eigenvalue weighted by atomic mass is 10.1. The van der Waals surface area contributed by atoms with Crippen LogP contribution in [0.1, 0.15) is 42.6 Å². The topological polar surface area (TPSA) is 53.4 Å². The van der Waals surface area contributed by atoms with Gasteiger partial charge in [-0.25, -0.2) is 9.78 Å². The van der Waals surface area contributed by atoms with Crippen LogP contribution in [0.25, 0.3) is 0 Å². The maximum Gasteiger partial charge on any atom is 0.347 e. The van der Waals surface area contributed by atoms with E-state index in [9.17, 15) is 4.79 Å². The van der Waals surface area contributed by atoms with Crippen LogP contribution in [-0.4, -0.2) is 29.7 Å². The Balaban J connectivity index is 2.80. The van der Waals surface area contributed by atoms with E-state index in [4.69, 9.17) is 5.11 Å². The summed E-state index contributed by atoms with van der Waals surface area (Å²) in [7, 11) is 1.96. The van der Waals surface area contributed by atoms with Gasteiger partial charge >= 0.3 is 5.97 Å². The summed E-state index contributed by atoms with van der Waals surface area (Å²) in [6, 6.07) is 0. The molecule has 0 unspecified atom stereocenters. The van der Waals surface area contributed by atoms with E-state index >= 15 is 0 Å². The Morgan fingerprint density at radius 2 is 2.18 bits per heavy atom. The Labute approximate surface area is 106 Å². The fourth-order valence-electron chi connectivity index (χ4n) is 1.46. The first-order valence-electron chi connectivity index (χ1n) is 5.89. The number of carboxylic acid groups (broad SMARTS) is 1. The molecule has 1 heterocycles. The van der Waals surface area contributed by atoms with Gasteiger partial charge in [0.1, 0.15) is 4.88 Å². The Hall–Kier alpha value is -1.10. The molecule has 1 N–H and O–H groups in total. The van der Waals surface area contributed by atoms with E-state index in [1.165, 1.54) is 11.3 Å². The van der Waals surface area contributed by atoms with Gasteiger partial charge in [-0.1, -0.05) is 32.1 Å². The molecule has 0 aliphatic rings. The van der Waals surface area contributed by atoms with Gasteiger partial charge < -0.3 is 10.0 Å². The molecule has 0 aromatic carbocycles. The number of hydrogen-bond acceptors (Lipinski definition) is 4. The highest BCUT2D eigenvalue weighted by molar-refractivity contribution is 7.17. The maximum atomic E-state index is 11.0. The van der Waals surface area contributed by atoms with E-state index in [0.29, 0.717) is 22.9 Å². The minimum Gasteiger partial charge on any atom is -0.477 e. The van der Waals surface area contributed by atoms with Crippen molar-refractivity contribution < 1.29 is 9.90 Å². The van der Waals surface area contributed by atoms with Gasteiger partial charge in [0, 0.05) is 13.6 Å². The zero-order chi connectivity index (χ0) is 13.0. The van der Waals surface area contributed by atoms with Crippen LogP contribution in [0.4, 0.5) is 5.13 Å². The molecule has 0 bridgehead atoms. The maximum absolute atomic E-state index is 11.0. The summed E-state index contributed by atoms with van der Waals surface area (Å²) in [6.45, 7) is 7.19. The number of carboxylic acids is 1. The number of aromatic carboxylic acids is 1. The molecular formula is C12H20N2O2S. The summed E-state index contributed by atoms with van der Waals surface area (Å²) in [5.41, 5.74) is 0.689. The molecule has 17 heavy (non-hydrogen) atoms. The van der Waals surface area contributed by atoms with Crippen molar-refractivity contribution in [2.24, 2.45) is 5.92 Å². The van der Waals surface area contributed by atoms with Crippen LogP contribution >= 0.6 is 11.3 Å². The van der Waals surface area contributed by atoms with Crippen molar-refractivity contribution in [3.8, 4) is 0 Å². The summed E-state index contributed by atoms with van der Waals surface area (Å²) < 4.78 is 0. The molecule has 0 amide bonds. The number of rotatable bonds is 6. The van der Waals surface area contributed by atoms with E-state index in [2.05, 4.69) is 18.8 Å². The Kier molecular flexibility index (Phi) is 4.93. The van der Waals surface area contributed by atoms with Crippen molar-refractivity contribution in [1.29, 1.82) is 0 Å². The third-order valence-corrected chi connectivity index (χ3v) is 3.78. The van der Waals surface area contributed by atoms with Gasteiger partial charge in [-0.05, 0) is 18.8 Å². The van der Waals surface area contributed by atoms with Crippen molar-refractivity contribution in [2.45, 2.75) is 33.6 Å². The molecule has 96 valence electrons. The molecule has 1 aromatic heterocycles. The number of aromatic nitrogens is 1. The van der Waals surface area contributed by atoms with Gasteiger partial charge in [0.15, 0.2) is 5.13 Å². The van der Waals surface area contributed by atoms with Gasteiger partial charge in [-0.3, -0.25) is 0 Å². The molecule has 0 saturated heterocycles. The van der Waals surface area contributed by atoms with Crippen LogP contribution in [0.15, 0.2) is 0 Å². The highest BCUT2D eigenvalue weighted by atomic mass is 32.1. The summed E-state index contributed by atoms with van der Waals surface area (Å²) in [6.07, 6.45) is 1.75. The molecule has 1 aromatic rings. The van der Waals surface area contributed by atoms with E-state index < -0.39 is 5.97 Å². The van der Waals surface area contributed by atoms with Gasteiger partial charge in [0.25, 0.3) is 0 Å². The molecule has 0 spiro atoms. The molecular weight excluding hydrogens is 236 g/mol. The van der Waals surface area contributed by atoms with Gasteiger partial charge in [0.05, 0.1) is 5.69 Å². The lowest BCUT2D eigenvalue weighted by molar-refractivity contribution is 0.0701. The number of thiazole rings is 1. The van der Waals surface area contributed by atoms with Crippen LogP contribution in [0.3, 0.4) is 0 Å². The van der Waals surface area contributed by atoms with E-state index in [1.54, 1.807) is 0 Å². The molecule has 5 heteroatoms. The Morgan fingerprint density at radius 1 is 1.53 bits per heavy atom. The summed E-state index contributed by atoms with van der Waals surface area (Å²) in [5, 5.41) is 9.87. The first-order chi connectivity index (χ1) is 7.95. The molecule has 1 rings (SSSR count). The zero-order valence-electron chi connectivity index (χ0n) is 10.9. The Bertz CT molecular complexity index is 388. The second kappa shape index (κ2) is 6.00. The third kappa shape index (κ3) is 3.70. The fraction of sp³-hybridized carbons (Fsp3) is 0.667. The normalized spacial score (nSPS) is 10.9. The standard InChI is InChI=1S/C12H20N2O2S/c1-5-9-10(11(15)16)17-12(13-9)14(4)7-6-8(2)3/h8H,5-7H2,1-4H3,(H,15,16). The van der Waals surface area contributed by atoms with E-state index in [-0.39, 0.29) is 0 Å². The second-order valence-corrected chi connectivity index (χ2v) is 5.51. The highest BCUT2D eigenvalue weighted by Gasteiger charge is 2.17. The first-order valence-corrected chi connectivity index (χ1v) is 6.71. The molecule has 0 radical (unpaired) electrons. The predicted molar refractivity (Wildman–Crippen MR) is 71.2 cm³/mol. The molecule has 0 fully saturated rings.